The van der Waals surface area contributed by atoms with Gasteiger partial charge in [-0.25, -0.2) is 4.79 Å². The predicted molar refractivity (Wildman–Crippen MR) is 167 cm³/mol. The van der Waals surface area contributed by atoms with Gasteiger partial charge in [0.05, 0.1) is 24.4 Å². The monoisotopic (exact) mass is 630 g/mol. The van der Waals surface area contributed by atoms with Gasteiger partial charge in [-0.3, -0.25) is 19.7 Å². The van der Waals surface area contributed by atoms with E-state index in [1.165, 1.54) is 17.3 Å². The fraction of sp³-hybridized carbons (Fsp3) is 0.636. The lowest BCUT2D eigenvalue weighted by Crippen LogP contribution is -2.56. The molecule has 0 aromatic heterocycles. The average molecular weight is 631 g/mol. The maximum Gasteiger partial charge on any atom is 0.414 e. The molecular formula is C33H46N2O8S. The van der Waals surface area contributed by atoms with E-state index in [0.717, 1.165) is 17.7 Å². The number of rotatable bonds is 12. The first-order valence-corrected chi connectivity index (χ1v) is 16.2. The third-order valence-corrected chi connectivity index (χ3v) is 9.67. The number of anilines is 1. The van der Waals surface area contributed by atoms with Crippen LogP contribution in [0.15, 0.2) is 40.8 Å². The molecule has 2 heterocycles. The Bertz CT molecular complexity index is 1270. The van der Waals surface area contributed by atoms with Crippen molar-refractivity contribution < 1.29 is 38.1 Å². The molecule has 3 aliphatic rings. The predicted octanol–water partition coefficient (Wildman–Crippen LogP) is 5.44. The second-order valence-electron chi connectivity index (χ2n) is 13.4. The van der Waals surface area contributed by atoms with Crippen LogP contribution in [0.25, 0.3) is 0 Å². The summed E-state index contributed by atoms with van der Waals surface area (Å²) in [6.45, 7) is 12.3. The van der Waals surface area contributed by atoms with E-state index in [1.54, 1.807) is 31.4 Å². The Labute approximate surface area is 264 Å². The zero-order valence-corrected chi connectivity index (χ0v) is 27.6. The van der Waals surface area contributed by atoms with Gasteiger partial charge in [-0.2, -0.15) is 0 Å². The molecule has 242 valence electrons. The highest BCUT2D eigenvalue weighted by molar-refractivity contribution is 8.00. The molecule has 1 spiro atoms. The molecule has 3 fully saturated rings. The number of ketones is 1. The van der Waals surface area contributed by atoms with Crippen molar-refractivity contribution in [3.05, 3.63) is 35.9 Å². The fourth-order valence-corrected chi connectivity index (χ4v) is 6.69. The number of ether oxygens (including phenoxy) is 4. The lowest BCUT2D eigenvalue weighted by Gasteiger charge is -2.42. The van der Waals surface area contributed by atoms with Gasteiger partial charge in [0.1, 0.15) is 29.2 Å². The zero-order chi connectivity index (χ0) is 32.3. The molecule has 2 N–H and O–H groups in total. The second kappa shape index (κ2) is 13.7. The van der Waals surface area contributed by atoms with Crippen LogP contribution in [0, 0.1) is 11.3 Å². The van der Waals surface area contributed by atoms with Crippen molar-refractivity contribution in [2.75, 3.05) is 24.8 Å². The normalized spacial score (nSPS) is 29.0. The number of imide groups is 1. The minimum Gasteiger partial charge on any atom is -0.443 e. The smallest absolute Gasteiger partial charge is 0.414 e. The maximum absolute atomic E-state index is 12.7. The van der Waals surface area contributed by atoms with E-state index in [1.807, 2.05) is 20.8 Å². The Balaban J connectivity index is 1.23. The van der Waals surface area contributed by atoms with Crippen LogP contribution in [0.5, 0.6) is 0 Å². The van der Waals surface area contributed by atoms with E-state index in [0.29, 0.717) is 18.7 Å². The molecule has 10 nitrogen and oxygen atoms in total. The van der Waals surface area contributed by atoms with E-state index in [4.69, 9.17) is 18.9 Å². The lowest BCUT2D eigenvalue weighted by molar-refractivity contribution is -0.128. The summed E-state index contributed by atoms with van der Waals surface area (Å²) >= 11 is 1.25. The summed E-state index contributed by atoms with van der Waals surface area (Å²) in [4.78, 5) is 50.3. The number of benzene rings is 1. The van der Waals surface area contributed by atoms with Crippen molar-refractivity contribution in [2.45, 2.75) is 108 Å². The Morgan fingerprint density at radius 1 is 1.09 bits per heavy atom. The summed E-state index contributed by atoms with van der Waals surface area (Å²) in [5.74, 6) is -0.778. The number of nitrogens with one attached hydrogen (secondary N) is 2. The Hall–Kier alpha value is -2.73. The van der Waals surface area contributed by atoms with Gasteiger partial charge in [0.2, 0.25) is 11.8 Å². The van der Waals surface area contributed by atoms with E-state index in [9.17, 15) is 19.2 Å². The van der Waals surface area contributed by atoms with Gasteiger partial charge in [0, 0.05) is 35.9 Å². The van der Waals surface area contributed by atoms with Gasteiger partial charge in [-0.1, -0.05) is 32.4 Å². The first-order chi connectivity index (χ1) is 20.7. The Kier molecular flexibility index (Phi) is 10.7. The van der Waals surface area contributed by atoms with Gasteiger partial charge < -0.3 is 24.3 Å². The molecule has 6 atom stereocenters. The largest absolute Gasteiger partial charge is 0.443 e. The van der Waals surface area contributed by atoms with Gasteiger partial charge in [0.25, 0.3) is 0 Å². The highest BCUT2D eigenvalue weighted by atomic mass is 32.2. The van der Waals surface area contributed by atoms with Gasteiger partial charge >= 0.3 is 6.09 Å². The molecule has 3 amide bonds. The summed E-state index contributed by atoms with van der Waals surface area (Å²) < 4.78 is 23.8. The quantitative estimate of drug-likeness (QED) is 0.176. The van der Waals surface area contributed by atoms with Crippen LogP contribution in [-0.4, -0.2) is 72.7 Å². The highest BCUT2D eigenvalue weighted by Crippen LogP contribution is 2.59. The molecule has 1 aromatic carbocycles. The number of alkyl carbamates (subject to hydrolysis) is 1. The van der Waals surface area contributed by atoms with Crippen LogP contribution in [0.3, 0.4) is 0 Å². The molecule has 0 bridgehead atoms. The molecule has 1 aromatic rings. The summed E-state index contributed by atoms with van der Waals surface area (Å²) in [5, 5.41) is 5.11. The zero-order valence-electron chi connectivity index (χ0n) is 26.8. The number of allylic oxidation sites excluding steroid dienone is 1. The lowest BCUT2D eigenvalue weighted by atomic mass is 9.68. The summed E-state index contributed by atoms with van der Waals surface area (Å²) in [6.07, 6.45) is 2.83. The van der Waals surface area contributed by atoms with Crippen molar-refractivity contribution in [3.8, 4) is 0 Å². The SMILES string of the molecule is CO[C@@H]1[C@H](OC(=O)NC(=O)CSc2ccc(NC(=O)CCC(=O)C(C)(C)C)cc2)CC[C@]2(CO2)[C@H]1[C@@]1(C)O[C@@H]1CC=C(C)C. The highest BCUT2D eigenvalue weighted by Gasteiger charge is 2.72. The molecule has 2 saturated heterocycles. The van der Waals surface area contributed by atoms with Crippen molar-refractivity contribution in [3.63, 3.8) is 0 Å². The minimum atomic E-state index is -0.806. The number of hydrogen-bond acceptors (Lipinski definition) is 9. The number of thioether (sulfide) groups is 1. The van der Waals surface area contributed by atoms with Crippen LogP contribution >= 0.6 is 11.8 Å². The van der Waals surface area contributed by atoms with Crippen molar-refractivity contribution in [1.29, 1.82) is 0 Å². The van der Waals surface area contributed by atoms with Crippen LogP contribution < -0.4 is 10.6 Å². The minimum absolute atomic E-state index is 0.00558. The average Bonchev–Trinajstić information content (AvgIpc) is 3.87. The molecule has 1 aliphatic carbocycles. The molecule has 11 heteroatoms. The van der Waals surface area contributed by atoms with E-state index in [2.05, 4.69) is 37.5 Å². The molecule has 4 rings (SSSR count). The first-order valence-electron chi connectivity index (χ1n) is 15.2. The number of carbonyl (C=O) groups excluding carboxylic acids is 4. The topological polar surface area (TPSA) is 136 Å². The van der Waals surface area contributed by atoms with E-state index >= 15 is 0 Å². The Morgan fingerprint density at radius 3 is 2.36 bits per heavy atom. The van der Waals surface area contributed by atoms with E-state index in [-0.39, 0.29) is 47.9 Å². The number of Topliss-reactive ketones (excluding diaryl/α,β-unsaturated/α-hetero) is 1. The summed E-state index contributed by atoms with van der Waals surface area (Å²) in [7, 11) is 1.61. The van der Waals surface area contributed by atoms with E-state index < -0.39 is 35.2 Å². The van der Waals surface area contributed by atoms with Gasteiger partial charge in [-0.05, 0) is 64.3 Å². The number of hydrogen-bond donors (Lipinski definition) is 2. The van der Waals surface area contributed by atoms with Gasteiger partial charge in [-0.15, -0.1) is 11.8 Å². The molecule has 2 aliphatic heterocycles. The first kappa shape index (κ1) is 34.1. The van der Waals surface area contributed by atoms with Crippen molar-refractivity contribution >= 4 is 41.1 Å². The van der Waals surface area contributed by atoms with Gasteiger partial charge in [0.15, 0.2) is 0 Å². The third-order valence-electron chi connectivity index (χ3n) is 8.66. The Morgan fingerprint density at radius 2 is 1.77 bits per heavy atom. The maximum atomic E-state index is 12.7. The molecule has 44 heavy (non-hydrogen) atoms. The third kappa shape index (κ3) is 8.50. The van der Waals surface area contributed by atoms with Crippen LogP contribution in [0.2, 0.25) is 0 Å². The molecule has 1 saturated carbocycles. The van der Waals surface area contributed by atoms with Crippen molar-refractivity contribution in [1.82, 2.24) is 5.32 Å². The number of carbonyl (C=O) groups is 4. The summed E-state index contributed by atoms with van der Waals surface area (Å²) in [6, 6.07) is 7.01. The number of methoxy groups -OCH3 is 1. The van der Waals surface area contributed by atoms with Crippen LogP contribution in [-0.2, 0) is 33.3 Å². The molecule has 0 radical (unpaired) electrons. The van der Waals surface area contributed by atoms with Crippen LogP contribution in [0.4, 0.5) is 10.5 Å². The van der Waals surface area contributed by atoms with Crippen LogP contribution in [0.1, 0.15) is 73.6 Å². The number of amides is 3. The fourth-order valence-electron chi connectivity index (χ4n) is 6.00. The standard InChI is InChI=1S/C33H46N2O8S/c1-20(2)8-14-25-32(6,43-25)29-28(40-7)23(16-17-33(29)19-41-33)42-30(39)35-27(38)18-44-22-11-9-21(10-12-22)34-26(37)15-13-24(36)31(3,4)5/h8-12,23,25,28-29H,13-19H2,1-7H3,(H,34,37)(H,35,38,39)/t23-,25-,28-,29-,32+,33+/m1/s1. The number of epoxide rings is 2. The second-order valence-corrected chi connectivity index (χ2v) is 14.5. The molecule has 0 unspecified atom stereocenters. The molecular weight excluding hydrogens is 584 g/mol. The van der Waals surface area contributed by atoms with Crippen molar-refractivity contribution in [2.24, 2.45) is 11.3 Å². The summed E-state index contributed by atoms with van der Waals surface area (Å²) in [5.41, 5.74) is 0.581.